The summed E-state index contributed by atoms with van der Waals surface area (Å²) in [6.07, 6.45) is 4.19. The first-order chi connectivity index (χ1) is 14.4. The van der Waals surface area contributed by atoms with Crippen LogP contribution in [-0.2, 0) is 21.2 Å². The van der Waals surface area contributed by atoms with Gasteiger partial charge in [0.1, 0.15) is 17.5 Å². The quantitative estimate of drug-likeness (QED) is 0.782. The number of anilines is 1. The summed E-state index contributed by atoms with van der Waals surface area (Å²) in [7, 11) is -3.84. The van der Waals surface area contributed by atoms with E-state index in [1.54, 1.807) is 4.31 Å². The summed E-state index contributed by atoms with van der Waals surface area (Å²) in [5, 5.41) is 3.40. The Morgan fingerprint density at radius 3 is 2.90 bits per heavy atom. The summed E-state index contributed by atoms with van der Waals surface area (Å²) in [6, 6.07) is 4.71. The number of fused-ring (bicyclic) bond motifs is 4. The number of nitrogens with one attached hydrogen (secondary N) is 1. The maximum Gasteiger partial charge on any atom is 0.244 e. The second-order valence-corrected chi connectivity index (χ2v) is 10.1. The van der Waals surface area contributed by atoms with E-state index in [0.717, 1.165) is 43.2 Å². The fourth-order valence-electron chi connectivity index (χ4n) is 4.95. The smallest absolute Gasteiger partial charge is 0.244 e. The largest absolute Gasteiger partial charge is 0.376 e. The number of ether oxygens (including phenoxy) is 1. The van der Waals surface area contributed by atoms with Crippen LogP contribution in [0.15, 0.2) is 29.2 Å². The minimum atomic E-state index is -3.84. The van der Waals surface area contributed by atoms with Crippen molar-refractivity contribution in [3.05, 3.63) is 47.2 Å². The average molecular weight is 433 g/mol. The molecule has 4 heterocycles. The highest BCUT2D eigenvalue weighted by Crippen LogP contribution is 2.48. The molecule has 9 heteroatoms. The molecule has 2 saturated heterocycles. The Kier molecular flexibility index (Phi) is 4.99. The van der Waals surface area contributed by atoms with Crippen molar-refractivity contribution in [1.29, 1.82) is 0 Å². The third-order valence-electron chi connectivity index (χ3n) is 6.23. The lowest BCUT2D eigenvalue weighted by atomic mass is 10.00. The third kappa shape index (κ3) is 3.38. The number of sulfonamides is 1. The van der Waals surface area contributed by atoms with Crippen LogP contribution >= 0.6 is 0 Å². The number of benzene rings is 1. The number of nitrogens with zero attached hydrogens (tertiary/aromatic N) is 3. The van der Waals surface area contributed by atoms with Crippen LogP contribution in [0.5, 0.6) is 0 Å². The van der Waals surface area contributed by atoms with Gasteiger partial charge in [0.25, 0.3) is 0 Å². The van der Waals surface area contributed by atoms with Crippen LogP contribution < -0.4 is 5.32 Å². The number of halogens is 1. The van der Waals surface area contributed by atoms with Crippen LogP contribution in [0.3, 0.4) is 0 Å². The molecule has 30 heavy (non-hydrogen) atoms. The predicted octanol–water partition coefficient (Wildman–Crippen LogP) is 2.97. The third-order valence-corrected chi connectivity index (χ3v) is 8.19. The Hall–Kier alpha value is -2.10. The van der Waals surface area contributed by atoms with E-state index < -0.39 is 15.8 Å². The Morgan fingerprint density at radius 2 is 2.13 bits per heavy atom. The van der Waals surface area contributed by atoms with E-state index in [9.17, 15) is 12.8 Å². The number of hydrogen-bond donors (Lipinski definition) is 1. The molecule has 1 aromatic heterocycles. The Bertz CT molecular complexity index is 1070. The fraction of sp³-hybridized carbons (Fsp3) is 0.524. The SMILES string of the molecule is Cc1nc2c(c(NCC3CCCO3)n1)C1CCC(C2)N1S(=O)(=O)c1cccc(F)c1. The van der Waals surface area contributed by atoms with Crippen LogP contribution in [0.2, 0.25) is 0 Å². The first-order valence-corrected chi connectivity index (χ1v) is 11.9. The minimum Gasteiger partial charge on any atom is -0.376 e. The lowest BCUT2D eigenvalue weighted by molar-refractivity contribution is 0.120. The predicted molar refractivity (Wildman–Crippen MR) is 109 cm³/mol. The summed E-state index contributed by atoms with van der Waals surface area (Å²) >= 11 is 0. The van der Waals surface area contributed by atoms with E-state index in [1.165, 1.54) is 18.2 Å². The molecule has 0 spiro atoms. The standard InChI is InChI=1S/C21H25FN4O3S/c1-13-24-18-11-15-7-8-19(20(18)21(25-13)23-12-16-5-3-9-29-16)26(15)30(27,28)17-6-2-4-14(22)10-17/h2,4,6,10,15-16,19H,3,5,7-9,11-12H2,1H3,(H,23,24,25). The van der Waals surface area contributed by atoms with Crippen molar-refractivity contribution in [3.8, 4) is 0 Å². The van der Waals surface area contributed by atoms with Crippen LogP contribution in [0.1, 0.15) is 48.8 Å². The Labute approximate surface area is 175 Å². The number of aryl methyl sites for hydroxylation is 1. The van der Waals surface area contributed by atoms with E-state index in [4.69, 9.17) is 4.74 Å². The van der Waals surface area contributed by atoms with Gasteiger partial charge < -0.3 is 10.1 Å². The van der Waals surface area contributed by atoms with E-state index in [0.29, 0.717) is 31.0 Å². The molecule has 0 radical (unpaired) electrons. The average Bonchev–Trinajstić information content (AvgIpc) is 3.33. The van der Waals surface area contributed by atoms with Gasteiger partial charge in [0.15, 0.2) is 0 Å². The first-order valence-electron chi connectivity index (χ1n) is 10.5. The highest BCUT2D eigenvalue weighted by atomic mass is 32.2. The number of aromatic nitrogens is 2. The van der Waals surface area contributed by atoms with Crippen LogP contribution in [-0.4, -0.2) is 48.0 Å². The van der Waals surface area contributed by atoms with Crippen LogP contribution in [0.25, 0.3) is 0 Å². The van der Waals surface area contributed by atoms with Crippen LogP contribution in [0, 0.1) is 12.7 Å². The summed E-state index contributed by atoms with van der Waals surface area (Å²) in [5.41, 5.74) is 1.77. The molecule has 5 rings (SSSR count). The number of rotatable bonds is 5. The molecule has 2 aromatic rings. The minimum absolute atomic E-state index is 0.00950. The highest BCUT2D eigenvalue weighted by Gasteiger charge is 2.48. The molecule has 1 N–H and O–H groups in total. The van der Waals surface area contributed by atoms with Gasteiger partial charge in [0.2, 0.25) is 10.0 Å². The van der Waals surface area contributed by atoms with Crippen molar-refractivity contribution < 1.29 is 17.5 Å². The molecule has 7 nitrogen and oxygen atoms in total. The summed E-state index contributed by atoms with van der Waals surface area (Å²) < 4.78 is 47.9. The van der Waals surface area contributed by atoms with Gasteiger partial charge in [-0.15, -0.1) is 0 Å². The Morgan fingerprint density at radius 1 is 1.27 bits per heavy atom. The maximum absolute atomic E-state index is 13.7. The molecule has 0 saturated carbocycles. The molecule has 3 atom stereocenters. The maximum atomic E-state index is 13.7. The van der Waals surface area contributed by atoms with Gasteiger partial charge in [-0.25, -0.2) is 22.8 Å². The van der Waals surface area contributed by atoms with E-state index >= 15 is 0 Å². The lowest BCUT2D eigenvalue weighted by Gasteiger charge is -2.35. The van der Waals surface area contributed by atoms with Crippen molar-refractivity contribution in [3.63, 3.8) is 0 Å². The molecule has 2 bridgehead atoms. The van der Waals surface area contributed by atoms with Gasteiger partial charge >= 0.3 is 0 Å². The monoisotopic (exact) mass is 432 g/mol. The lowest BCUT2D eigenvalue weighted by Crippen LogP contribution is -2.42. The fourth-order valence-corrected chi connectivity index (χ4v) is 6.83. The van der Waals surface area contributed by atoms with E-state index in [1.807, 2.05) is 6.92 Å². The molecule has 1 aromatic carbocycles. The topological polar surface area (TPSA) is 84.4 Å². The van der Waals surface area contributed by atoms with Gasteiger partial charge in [0, 0.05) is 31.2 Å². The second kappa shape index (κ2) is 7.55. The number of hydrogen-bond acceptors (Lipinski definition) is 6. The molecule has 0 amide bonds. The summed E-state index contributed by atoms with van der Waals surface area (Å²) in [5.74, 6) is 0.806. The van der Waals surface area contributed by atoms with Crippen LogP contribution in [0.4, 0.5) is 10.2 Å². The van der Waals surface area contributed by atoms with Crippen molar-refractivity contribution in [2.45, 2.75) is 62.1 Å². The molecule has 2 fully saturated rings. The van der Waals surface area contributed by atoms with Gasteiger partial charge in [-0.05, 0) is 50.8 Å². The molecule has 3 aliphatic rings. The molecular weight excluding hydrogens is 407 g/mol. The van der Waals surface area contributed by atoms with E-state index in [2.05, 4.69) is 15.3 Å². The van der Waals surface area contributed by atoms with Gasteiger partial charge in [-0.1, -0.05) is 6.07 Å². The molecule has 3 unspecified atom stereocenters. The molecule has 160 valence electrons. The van der Waals surface area contributed by atoms with E-state index in [-0.39, 0.29) is 23.1 Å². The van der Waals surface area contributed by atoms with Gasteiger partial charge in [0.05, 0.1) is 22.7 Å². The summed E-state index contributed by atoms with van der Waals surface area (Å²) in [4.78, 5) is 9.23. The van der Waals surface area contributed by atoms with Gasteiger partial charge in [-0.3, -0.25) is 0 Å². The van der Waals surface area contributed by atoms with Crippen molar-refractivity contribution in [1.82, 2.24) is 14.3 Å². The zero-order valence-corrected chi connectivity index (χ0v) is 17.7. The zero-order chi connectivity index (χ0) is 20.9. The molecular formula is C21H25FN4O3S. The second-order valence-electron chi connectivity index (χ2n) is 8.24. The first kappa shape index (κ1) is 19.8. The normalized spacial score (nSPS) is 26.0. The van der Waals surface area contributed by atoms with Crippen molar-refractivity contribution >= 4 is 15.8 Å². The van der Waals surface area contributed by atoms with Gasteiger partial charge in [-0.2, -0.15) is 4.31 Å². The zero-order valence-electron chi connectivity index (χ0n) is 16.8. The Balaban J connectivity index is 1.51. The van der Waals surface area contributed by atoms with Crippen molar-refractivity contribution in [2.24, 2.45) is 0 Å². The highest BCUT2D eigenvalue weighted by molar-refractivity contribution is 7.89. The summed E-state index contributed by atoms with van der Waals surface area (Å²) in [6.45, 7) is 3.27. The molecule has 3 aliphatic heterocycles. The van der Waals surface area contributed by atoms with Crippen molar-refractivity contribution in [2.75, 3.05) is 18.5 Å². The molecule has 0 aliphatic carbocycles.